The fourth-order valence-corrected chi connectivity index (χ4v) is 1.39. The molecule has 148 valence electrons. The molecular weight excluding hydrogens is 613 g/mol. The minimum Gasteiger partial charge on any atom is -0.508 e. The van der Waals surface area contributed by atoms with Gasteiger partial charge in [-0.25, -0.2) is 26.3 Å². The van der Waals surface area contributed by atoms with Crippen LogP contribution in [0, 0.1) is 34.9 Å². The van der Waals surface area contributed by atoms with Crippen molar-refractivity contribution in [2.75, 3.05) is 5.34 Å². The smallest absolute Gasteiger partial charge is 0.195 e. The van der Waals surface area contributed by atoms with E-state index in [2.05, 4.69) is 44.2 Å². The second-order valence-corrected chi connectivity index (χ2v) is 5.24. The average molecular weight is 620 g/mol. The summed E-state index contributed by atoms with van der Waals surface area (Å²) < 4.78 is 72.6. The SMILES string of the molecule is BrBr.ClCCl.Oc1cc(F)c(F)c(F)c1.Oc1cc(F)c(F)c(F)c1Br. The second kappa shape index (κ2) is 14.7. The standard InChI is InChI=1S/C6H2BrF3O.C6H3F3O.CH2Cl2.Br2/c7-4-3(11)1-2(8)5(9)6(4)10;7-4-1-3(10)2-5(8)6(4)9;2-1-3;1-2/h1,11H;1-2,10H;1H2;. The molecule has 0 heterocycles. The third-order valence-corrected chi connectivity index (χ3v) is 2.81. The Kier molecular flexibility index (Phi) is 15.7. The summed E-state index contributed by atoms with van der Waals surface area (Å²) >= 11 is 17.6. The highest BCUT2D eigenvalue weighted by molar-refractivity contribution is 9.93. The highest BCUT2D eigenvalue weighted by Crippen LogP contribution is 2.29. The molecule has 0 aromatic heterocycles. The van der Waals surface area contributed by atoms with Crippen molar-refractivity contribution in [1.29, 1.82) is 0 Å². The first-order valence-electron chi connectivity index (χ1n) is 5.68. The van der Waals surface area contributed by atoms with E-state index in [1.165, 1.54) is 0 Å². The van der Waals surface area contributed by atoms with Gasteiger partial charge in [0.1, 0.15) is 11.5 Å². The molecule has 2 nitrogen and oxygen atoms in total. The van der Waals surface area contributed by atoms with Gasteiger partial charge in [0, 0.05) is 46.5 Å². The summed E-state index contributed by atoms with van der Waals surface area (Å²) in [5.74, 6) is -10.1. The first-order valence-corrected chi connectivity index (χ1v) is 11.3. The van der Waals surface area contributed by atoms with E-state index in [-0.39, 0.29) is 5.34 Å². The molecule has 0 unspecified atom stereocenters. The Morgan fingerprint density at radius 1 is 0.731 bits per heavy atom. The number of hydrogen-bond donors (Lipinski definition) is 2. The average Bonchev–Trinajstić information content (AvgIpc) is 2.59. The maximum absolute atomic E-state index is 12.4. The van der Waals surface area contributed by atoms with Crippen LogP contribution in [0.5, 0.6) is 11.5 Å². The molecule has 0 aliphatic rings. The van der Waals surface area contributed by atoms with Crippen molar-refractivity contribution < 1.29 is 36.6 Å². The van der Waals surface area contributed by atoms with Crippen LogP contribution in [0.4, 0.5) is 26.3 Å². The largest absolute Gasteiger partial charge is 0.508 e. The lowest BCUT2D eigenvalue weighted by Crippen LogP contribution is -1.91. The number of hydrogen-bond acceptors (Lipinski definition) is 2. The van der Waals surface area contributed by atoms with E-state index in [0.717, 1.165) is 0 Å². The molecule has 0 spiro atoms. The molecular formula is C13H7Br3Cl2F6O2. The highest BCUT2D eigenvalue weighted by Gasteiger charge is 2.15. The van der Waals surface area contributed by atoms with Crippen LogP contribution in [0.15, 0.2) is 22.7 Å². The number of halogens is 11. The van der Waals surface area contributed by atoms with Gasteiger partial charge in [0.25, 0.3) is 0 Å². The Balaban J connectivity index is 0. The zero-order valence-electron chi connectivity index (χ0n) is 12.0. The Hall–Kier alpha value is -0.360. The molecule has 0 bridgehead atoms. The molecule has 0 saturated heterocycles. The molecule has 13 heteroatoms. The maximum Gasteiger partial charge on any atom is 0.195 e. The number of alkyl halides is 2. The molecule has 0 amide bonds. The molecule has 0 radical (unpaired) electrons. The van der Waals surface area contributed by atoms with Crippen LogP contribution >= 0.6 is 67.4 Å². The summed E-state index contributed by atoms with van der Waals surface area (Å²) in [5, 5.41) is 17.4. The topological polar surface area (TPSA) is 40.5 Å². The first kappa shape index (κ1) is 27.9. The normalized spacial score (nSPS) is 9.04. The molecule has 0 saturated carbocycles. The summed E-state index contributed by atoms with van der Waals surface area (Å²) in [7, 11) is 0. The Morgan fingerprint density at radius 2 is 1.08 bits per heavy atom. The minimum absolute atomic E-state index is 0.194. The van der Waals surface area contributed by atoms with E-state index in [1.807, 2.05) is 0 Å². The third-order valence-electron chi connectivity index (χ3n) is 2.05. The van der Waals surface area contributed by atoms with Gasteiger partial charge < -0.3 is 10.2 Å². The van der Waals surface area contributed by atoms with Gasteiger partial charge in [-0.1, -0.05) is 0 Å². The van der Waals surface area contributed by atoms with Gasteiger partial charge >= 0.3 is 0 Å². The van der Waals surface area contributed by atoms with E-state index in [0.29, 0.717) is 18.2 Å². The van der Waals surface area contributed by atoms with E-state index in [4.69, 9.17) is 33.4 Å². The predicted octanol–water partition coefficient (Wildman–Crippen LogP) is 7.49. The molecule has 0 atom stereocenters. The maximum atomic E-state index is 12.4. The third kappa shape index (κ3) is 9.54. The van der Waals surface area contributed by atoms with E-state index in [1.54, 1.807) is 0 Å². The molecule has 0 aliphatic heterocycles. The Labute approximate surface area is 177 Å². The fraction of sp³-hybridized carbons (Fsp3) is 0.0769. The number of benzene rings is 2. The van der Waals surface area contributed by atoms with E-state index in [9.17, 15) is 26.3 Å². The molecule has 0 fully saturated rings. The van der Waals surface area contributed by atoms with Crippen LogP contribution in [-0.4, -0.2) is 15.6 Å². The summed E-state index contributed by atoms with van der Waals surface area (Å²) in [5.41, 5.74) is 0. The van der Waals surface area contributed by atoms with Gasteiger partial charge in [-0.2, -0.15) is 0 Å². The molecule has 0 aliphatic carbocycles. The van der Waals surface area contributed by atoms with Gasteiger partial charge in [-0.05, 0) is 15.9 Å². The molecule has 2 aromatic rings. The van der Waals surface area contributed by atoms with Crippen LogP contribution in [0.25, 0.3) is 0 Å². The van der Waals surface area contributed by atoms with E-state index < -0.39 is 50.9 Å². The Morgan fingerprint density at radius 3 is 1.46 bits per heavy atom. The van der Waals surface area contributed by atoms with Gasteiger partial charge in [-0.3, -0.25) is 0 Å². The van der Waals surface area contributed by atoms with Crippen LogP contribution < -0.4 is 0 Å². The van der Waals surface area contributed by atoms with Gasteiger partial charge in [0.15, 0.2) is 34.9 Å². The van der Waals surface area contributed by atoms with Crippen molar-refractivity contribution in [1.82, 2.24) is 0 Å². The van der Waals surface area contributed by atoms with Crippen LogP contribution in [0.2, 0.25) is 0 Å². The monoisotopic (exact) mass is 616 g/mol. The zero-order valence-corrected chi connectivity index (χ0v) is 18.3. The van der Waals surface area contributed by atoms with Crippen molar-refractivity contribution in [2.45, 2.75) is 0 Å². The van der Waals surface area contributed by atoms with Crippen LogP contribution in [0.1, 0.15) is 0 Å². The number of phenolic OH excluding ortho intramolecular Hbond substituents is 2. The molecule has 2 rings (SSSR count). The predicted molar refractivity (Wildman–Crippen MR) is 98.1 cm³/mol. The van der Waals surface area contributed by atoms with Crippen LogP contribution in [0.3, 0.4) is 0 Å². The summed E-state index contributed by atoms with van der Waals surface area (Å²) in [4.78, 5) is 0. The first-order chi connectivity index (χ1) is 12.1. The molecule has 26 heavy (non-hydrogen) atoms. The minimum atomic E-state index is -1.60. The lowest BCUT2D eigenvalue weighted by molar-refractivity contribution is 0.414. The number of rotatable bonds is 0. The summed E-state index contributed by atoms with van der Waals surface area (Å²) in [6, 6.07) is 1.49. The van der Waals surface area contributed by atoms with Gasteiger partial charge in [0.05, 0.1) is 9.81 Å². The summed E-state index contributed by atoms with van der Waals surface area (Å²) in [6.45, 7) is 0. The number of phenols is 2. The highest BCUT2D eigenvalue weighted by atomic mass is 80.9. The molecule has 2 aromatic carbocycles. The Bertz CT molecular complexity index is 661. The lowest BCUT2D eigenvalue weighted by atomic mass is 10.3. The van der Waals surface area contributed by atoms with Crippen molar-refractivity contribution in [3.8, 4) is 11.5 Å². The number of aromatic hydroxyl groups is 2. The zero-order chi connectivity index (χ0) is 21.0. The van der Waals surface area contributed by atoms with Gasteiger partial charge in [-0.15, -0.1) is 23.2 Å². The van der Waals surface area contributed by atoms with Gasteiger partial charge in [0.2, 0.25) is 0 Å². The van der Waals surface area contributed by atoms with Crippen molar-refractivity contribution >= 4 is 67.4 Å². The van der Waals surface area contributed by atoms with Crippen LogP contribution in [-0.2, 0) is 0 Å². The van der Waals surface area contributed by atoms with Crippen molar-refractivity contribution in [3.05, 3.63) is 57.6 Å². The summed E-state index contributed by atoms with van der Waals surface area (Å²) in [6.07, 6.45) is 0. The van der Waals surface area contributed by atoms with E-state index >= 15 is 0 Å². The molecule has 2 N–H and O–H groups in total. The quantitative estimate of drug-likeness (QED) is 0.139. The van der Waals surface area contributed by atoms with Crippen molar-refractivity contribution in [2.24, 2.45) is 0 Å². The second-order valence-electron chi connectivity index (χ2n) is 3.64. The van der Waals surface area contributed by atoms with Crippen molar-refractivity contribution in [3.63, 3.8) is 0 Å². The fourth-order valence-electron chi connectivity index (χ4n) is 1.10. The lowest BCUT2D eigenvalue weighted by Gasteiger charge is -1.99.